The van der Waals surface area contributed by atoms with Crippen molar-refractivity contribution in [1.29, 1.82) is 0 Å². The Hall–Kier alpha value is -3.22. The van der Waals surface area contributed by atoms with E-state index < -0.39 is 0 Å². The molecule has 0 saturated heterocycles. The third-order valence-corrected chi connectivity index (χ3v) is 5.22. The van der Waals surface area contributed by atoms with Crippen molar-refractivity contribution in [3.63, 3.8) is 0 Å². The topological polar surface area (TPSA) is 63.9 Å². The number of benzene rings is 2. The van der Waals surface area contributed by atoms with E-state index in [1.165, 1.54) is 5.56 Å². The molecule has 2 aromatic carbocycles. The van der Waals surface area contributed by atoms with Crippen molar-refractivity contribution < 1.29 is 9.47 Å². The van der Waals surface area contributed by atoms with E-state index in [0.29, 0.717) is 0 Å². The van der Waals surface area contributed by atoms with Crippen LogP contribution in [0, 0.1) is 6.92 Å². The van der Waals surface area contributed by atoms with Crippen LogP contribution in [0.3, 0.4) is 0 Å². The van der Waals surface area contributed by atoms with E-state index in [0.717, 1.165) is 60.4 Å². The van der Waals surface area contributed by atoms with Gasteiger partial charge in [0, 0.05) is 33.7 Å². The molecule has 0 spiro atoms. The highest BCUT2D eigenvalue weighted by molar-refractivity contribution is 5.79. The number of aromatic nitrogens is 2. The Morgan fingerprint density at radius 1 is 1.13 bits per heavy atom. The summed E-state index contributed by atoms with van der Waals surface area (Å²) in [5.74, 6) is 3.39. The first-order chi connectivity index (χ1) is 14.6. The maximum Gasteiger partial charge on any atom is 0.193 e. The summed E-state index contributed by atoms with van der Waals surface area (Å²) < 4.78 is 12.9. The van der Waals surface area contributed by atoms with Crippen LogP contribution in [0.1, 0.15) is 11.4 Å². The highest BCUT2D eigenvalue weighted by Gasteiger charge is 2.10. The molecule has 0 amide bonds. The standard InChI is InChI=1S/C23H31N5O2/c1-17-26-19-8-6-7-9-20(19)28(17)15-13-25-23(24-2)27(3)14-12-18-10-11-21(29-4)22(16-18)30-5/h6-11,16H,12-15H2,1-5H3,(H,24,25). The molecular formula is C23H31N5O2. The fourth-order valence-electron chi connectivity index (χ4n) is 3.58. The Morgan fingerprint density at radius 2 is 1.90 bits per heavy atom. The van der Waals surface area contributed by atoms with Crippen LogP contribution in [-0.2, 0) is 13.0 Å². The van der Waals surface area contributed by atoms with Gasteiger partial charge in [-0.15, -0.1) is 0 Å². The zero-order chi connectivity index (χ0) is 21.5. The van der Waals surface area contributed by atoms with Crippen LogP contribution in [0.25, 0.3) is 11.0 Å². The number of guanidine groups is 1. The van der Waals surface area contributed by atoms with Crippen LogP contribution in [0.5, 0.6) is 11.5 Å². The number of para-hydroxylation sites is 2. The molecule has 7 nitrogen and oxygen atoms in total. The number of likely N-dealkylation sites (N-methyl/N-ethyl adjacent to an activating group) is 1. The molecule has 3 rings (SSSR count). The van der Waals surface area contributed by atoms with E-state index in [4.69, 9.17) is 9.47 Å². The highest BCUT2D eigenvalue weighted by atomic mass is 16.5. The van der Waals surface area contributed by atoms with Gasteiger partial charge in [-0.1, -0.05) is 18.2 Å². The molecule has 160 valence electrons. The molecule has 1 aromatic heterocycles. The van der Waals surface area contributed by atoms with E-state index in [1.807, 2.05) is 51.4 Å². The second-order valence-electron chi connectivity index (χ2n) is 7.13. The Kier molecular flexibility index (Phi) is 7.17. The average Bonchev–Trinajstić information content (AvgIpc) is 3.09. The minimum absolute atomic E-state index is 0.745. The lowest BCUT2D eigenvalue weighted by Crippen LogP contribution is -2.41. The smallest absolute Gasteiger partial charge is 0.193 e. The van der Waals surface area contributed by atoms with Crippen LogP contribution < -0.4 is 14.8 Å². The van der Waals surface area contributed by atoms with Crippen LogP contribution in [-0.4, -0.2) is 61.8 Å². The molecule has 0 aliphatic carbocycles. The fraction of sp³-hybridized carbons (Fsp3) is 0.391. The highest BCUT2D eigenvalue weighted by Crippen LogP contribution is 2.27. The Bertz CT molecular complexity index is 1010. The van der Waals surface area contributed by atoms with Crippen molar-refractivity contribution in [3.05, 3.63) is 53.9 Å². The SMILES string of the molecule is CN=C(NCCn1c(C)nc2ccccc21)N(C)CCc1ccc(OC)c(OC)c1. The number of imidazole rings is 1. The predicted molar refractivity (Wildman–Crippen MR) is 122 cm³/mol. The van der Waals surface area contributed by atoms with Crippen LogP contribution in [0.2, 0.25) is 0 Å². The molecule has 7 heteroatoms. The number of hydrogen-bond donors (Lipinski definition) is 1. The van der Waals surface area contributed by atoms with E-state index in [1.54, 1.807) is 14.2 Å². The lowest BCUT2D eigenvalue weighted by molar-refractivity contribution is 0.354. The molecule has 0 radical (unpaired) electrons. The van der Waals surface area contributed by atoms with Gasteiger partial charge in [0.15, 0.2) is 17.5 Å². The van der Waals surface area contributed by atoms with Gasteiger partial charge in [-0.2, -0.15) is 0 Å². The third kappa shape index (κ3) is 4.84. The summed E-state index contributed by atoms with van der Waals surface area (Å²) in [5, 5.41) is 3.46. The van der Waals surface area contributed by atoms with Gasteiger partial charge in [-0.25, -0.2) is 4.98 Å². The number of fused-ring (bicyclic) bond motifs is 1. The molecule has 0 atom stereocenters. The molecule has 0 saturated carbocycles. The number of hydrogen-bond acceptors (Lipinski definition) is 4. The number of methoxy groups -OCH3 is 2. The molecule has 30 heavy (non-hydrogen) atoms. The first-order valence-electron chi connectivity index (χ1n) is 10.1. The summed E-state index contributed by atoms with van der Waals surface area (Å²) in [6, 6.07) is 14.3. The normalized spacial score (nSPS) is 11.6. The second-order valence-corrected chi connectivity index (χ2v) is 7.13. The van der Waals surface area contributed by atoms with Gasteiger partial charge in [-0.3, -0.25) is 4.99 Å². The molecule has 1 N–H and O–H groups in total. The van der Waals surface area contributed by atoms with Gasteiger partial charge in [0.05, 0.1) is 25.3 Å². The first-order valence-corrected chi connectivity index (χ1v) is 10.1. The second kappa shape index (κ2) is 10.0. The predicted octanol–water partition coefficient (Wildman–Crippen LogP) is 3.11. The number of ether oxygens (including phenoxy) is 2. The van der Waals surface area contributed by atoms with Gasteiger partial charge in [-0.05, 0) is 43.2 Å². The van der Waals surface area contributed by atoms with Gasteiger partial charge in [0.25, 0.3) is 0 Å². The Balaban J connectivity index is 1.55. The van der Waals surface area contributed by atoms with E-state index in [-0.39, 0.29) is 0 Å². The lowest BCUT2D eigenvalue weighted by Gasteiger charge is -2.22. The van der Waals surface area contributed by atoms with E-state index in [9.17, 15) is 0 Å². The third-order valence-electron chi connectivity index (χ3n) is 5.22. The largest absolute Gasteiger partial charge is 0.493 e. The number of rotatable bonds is 8. The van der Waals surface area contributed by atoms with Crippen molar-refractivity contribution in [3.8, 4) is 11.5 Å². The number of aryl methyl sites for hydroxylation is 1. The van der Waals surface area contributed by atoms with Gasteiger partial charge >= 0.3 is 0 Å². The van der Waals surface area contributed by atoms with Crippen molar-refractivity contribution >= 4 is 17.0 Å². The summed E-state index contributed by atoms with van der Waals surface area (Å²) in [6.07, 6.45) is 0.878. The van der Waals surface area contributed by atoms with Crippen LogP contribution in [0.4, 0.5) is 0 Å². The minimum Gasteiger partial charge on any atom is -0.493 e. The van der Waals surface area contributed by atoms with Gasteiger partial charge in [0.1, 0.15) is 5.82 Å². The summed E-state index contributed by atoms with van der Waals surface area (Å²) in [4.78, 5) is 11.2. The maximum atomic E-state index is 5.40. The van der Waals surface area contributed by atoms with Gasteiger partial charge < -0.3 is 24.3 Å². The van der Waals surface area contributed by atoms with Crippen molar-refractivity contribution in [2.75, 3.05) is 41.4 Å². The molecule has 1 heterocycles. The van der Waals surface area contributed by atoms with Gasteiger partial charge in [0.2, 0.25) is 0 Å². The fourth-order valence-corrected chi connectivity index (χ4v) is 3.58. The maximum absolute atomic E-state index is 5.40. The number of nitrogens with one attached hydrogen (secondary N) is 1. The summed E-state index contributed by atoms with van der Waals surface area (Å²) in [7, 11) is 7.17. The molecule has 0 bridgehead atoms. The van der Waals surface area contributed by atoms with Crippen LogP contribution in [0.15, 0.2) is 47.5 Å². The zero-order valence-corrected chi connectivity index (χ0v) is 18.5. The quantitative estimate of drug-likeness (QED) is 0.458. The molecule has 0 fully saturated rings. The minimum atomic E-state index is 0.745. The van der Waals surface area contributed by atoms with E-state index >= 15 is 0 Å². The molecule has 0 aliphatic rings. The van der Waals surface area contributed by atoms with E-state index in [2.05, 4.69) is 36.9 Å². The number of aliphatic imine (C=N–C) groups is 1. The average molecular weight is 410 g/mol. The molecule has 0 unspecified atom stereocenters. The Morgan fingerprint density at radius 3 is 2.63 bits per heavy atom. The molecule has 0 aliphatic heterocycles. The summed E-state index contributed by atoms with van der Waals surface area (Å²) in [5.41, 5.74) is 3.38. The molecular weight excluding hydrogens is 378 g/mol. The summed E-state index contributed by atoms with van der Waals surface area (Å²) >= 11 is 0. The first kappa shape index (κ1) is 21.5. The van der Waals surface area contributed by atoms with Crippen molar-refractivity contribution in [1.82, 2.24) is 19.8 Å². The van der Waals surface area contributed by atoms with Crippen molar-refractivity contribution in [2.45, 2.75) is 19.9 Å². The van der Waals surface area contributed by atoms with Crippen LogP contribution >= 0.6 is 0 Å². The Labute approximate surface area is 178 Å². The molecule has 3 aromatic rings. The zero-order valence-electron chi connectivity index (χ0n) is 18.5. The summed E-state index contributed by atoms with van der Waals surface area (Å²) in [6.45, 7) is 4.48. The van der Waals surface area contributed by atoms with Crippen molar-refractivity contribution in [2.24, 2.45) is 4.99 Å². The lowest BCUT2D eigenvalue weighted by atomic mass is 10.1. The monoisotopic (exact) mass is 409 g/mol. The number of nitrogens with zero attached hydrogens (tertiary/aromatic N) is 4.